The van der Waals surface area contributed by atoms with Crippen LogP contribution in [0.25, 0.3) is 0 Å². The maximum absolute atomic E-state index is 5.92. The normalized spacial score (nSPS) is 10.3. The Bertz CT molecular complexity index is 513. The molecule has 0 aliphatic heterocycles. The molecule has 0 aliphatic rings. The first-order chi connectivity index (χ1) is 8.81. The number of methoxy groups -OCH3 is 1. The smallest absolute Gasteiger partial charge is 0.132 e. The topological polar surface area (TPSA) is 35.2 Å². The number of thioether (sulfide) groups is 1. The number of para-hydroxylation sites is 2. The Hall–Kier alpha value is -1.61. The van der Waals surface area contributed by atoms with Crippen molar-refractivity contribution in [1.82, 2.24) is 0 Å². The first-order valence-corrected chi connectivity index (χ1v) is 6.89. The van der Waals surface area contributed by atoms with Crippen molar-refractivity contribution in [3.8, 4) is 5.75 Å². The number of rotatable bonds is 5. The monoisotopic (exact) mass is 259 g/mol. The minimum absolute atomic E-state index is 0.873. The third-order valence-electron chi connectivity index (χ3n) is 2.75. The molecule has 94 valence electrons. The van der Waals surface area contributed by atoms with Gasteiger partial charge >= 0.3 is 0 Å². The van der Waals surface area contributed by atoms with Crippen LogP contribution in [0.4, 0.5) is 5.69 Å². The van der Waals surface area contributed by atoms with Crippen LogP contribution < -0.4 is 10.5 Å². The Morgan fingerprint density at radius 2 is 1.78 bits per heavy atom. The van der Waals surface area contributed by atoms with Crippen LogP contribution in [0, 0.1) is 0 Å². The summed E-state index contributed by atoms with van der Waals surface area (Å²) in [6.45, 7) is 0. The second kappa shape index (κ2) is 6.36. The highest BCUT2D eigenvalue weighted by Crippen LogP contribution is 2.29. The lowest BCUT2D eigenvalue weighted by atomic mass is 10.1. The molecule has 0 bridgehead atoms. The first kappa shape index (κ1) is 12.8. The molecular weight excluding hydrogens is 242 g/mol. The van der Waals surface area contributed by atoms with E-state index in [-0.39, 0.29) is 0 Å². The maximum atomic E-state index is 5.92. The van der Waals surface area contributed by atoms with Gasteiger partial charge in [-0.15, -0.1) is 11.8 Å². The fourth-order valence-corrected chi connectivity index (χ4v) is 2.78. The molecule has 0 unspecified atom stereocenters. The van der Waals surface area contributed by atoms with Gasteiger partial charge in [-0.05, 0) is 30.2 Å². The quantitative estimate of drug-likeness (QED) is 0.658. The first-order valence-electron chi connectivity index (χ1n) is 5.90. The highest BCUT2D eigenvalue weighted by molar-refractivity contribution is 7.99. The number of nitrogens with two attached hydrogens (primary N) is 1. The van der Waals surface area contributed by atoms with Gasteiger partial charge in [0.15, 0.2) is 0 Å². The Labute approximate surface area is 112 Å². The van der Waals surface area contributed by atoms with E-state index in [1.165, 1.54) is 10.5 Å². The van der Waals surface area contributed by atoms with Crippen molar-refractivity contribution >= 4 is 17.4 Å². The van der Waals surface area contributed by atoms with Gasteiger partial charge in [0, 0.05) is 16.3 Å². The van der Waals surface area contributed by atoms with Gasteiger partial charge in [-0.1, -0.05) is 30.3 Å². The summed E-state index contributed by atoms with van der Waals surface area (Å²) in [6, 6.07) is 16.1. The van der Waals surface area contributed by atoms with Gasteiger partial charge in [0.25, 0.3) is 0 Å². The summed E-state index contributed by atoms with van der Waals surface area (Å²) in [5.41, 5.74) is 8.00. The number of hydrogen-bond acceptors (Lipinski definition) is 3. The van der Waals surface area contributed by atoms with Crippen LogP contribution >= 0.6 is 11.8 Å². The van der Waals surface area contributed by atoms with E-state index < -0.39 is 0 Å². The van der Waals surface area contributed by atoms with Crippen LogP contribution in [0.2, 0.25) is 0 Å². The van der Waals surface area contributed by atoms with Gasteiger partial charge in [-0.2, -0.15) is 0 Å². The highest BCUT2D eigenvalue weighted by atomic mass is 32.2. The number of hydrogen-bond donors (Lipinski definition) is 1. The van der Waals surface area contributed by atoms with Crippen molar-refractivity contribution in [3.05, 3.63) is 54.1 Å². The van der Waals surface area contributed by atoms with E-state index in [2.05, 4.69) is 12.1 Å². The number of nitrogen functional groups attached to an aromatic ring is 1. The van der Waals surface area contributed by atoms with E-state index in [1.54, 1.807) is 18.9 Å². The molecule has 18 heavy (non-hydrogen) atoms. The van der Waals surface area contributed by atoms with Crippen LogP contribution in [-0.2, 0) is 6.42 Å². The molecule has 0 fully saturated rings. The number of ether oxygens (including phenoxy) is 1. The van der Waals surface area contributed by atoms with E-state index in [0.717, 1.165) is 23.6 Å². The van der Waals surface area contributed by atoms with Crippen LogP contribution in [0.3, 0.4) is 0 Å². The number of benzene rings is 2. The fourth-order valence-electron chi connectivity index (χ4n) is 1.77. The van der Waals surface area contributed by atoms with E-state index >= 15 is 0 Å². The van der Waals surface area contributed by atoms with Crippen LogP contribution in [-0.4, -0.2) is 12.9 Å². The third kappa shape index (κ3) is 3.20. The molecule has 0 spiro atoms. The number of aryl methyl sites for hydroxylation is 1. The Morgan fingerprint density at radius 1 is 1.06 bits per heavy atom. The molecule has 2 N–H and O–H groups in total. The van der Waals surface area contributed by atoms with Crippen molar-refractivity contribution in [2.45, 2.75) is 11.3 Å². The highest BCUT2D eigenvalue weighted by Gasteiger charge is 2.03. The average Bonchev–Trinajstić information content (AvgIpc) is 2.41. The average molecular weight is 259 g/mol. The molecule has 0 heterocycles. The zero-order chi connectivity index (χ0) is 12.8. The van der Waals surface area contributed by atoms with Gasteiger partial charge in [0.2, 0.25) is 0 Å². The van der Waals surface area contributed by atoms with Crippen molar-refractivity contribution in [2.75, 3.05) is 18.6 Å². The molecule has 3 heteroatoms. The molecular formula is C15H17NOS. The van der Waals surface area contributed by atoms with Crippen LogP contribution in [0.5, 0.6) is 5.75 Å². The predicted octanol–water partition coefficient (Wildman–Crippen LogP) is 3.61. The third-order valence-corrected chi connectivity index (χ3v) is 3.81. The number of anilines is 1. The minimum Gasteiger partial charge on any atom is -0.496 e. The molecule has 0 aliphatic carbocycles. The van der Waals surface area contributed by atoms with Crippen molar-refractivity contribution in [3.63, 3.8) is 0 Å². The molecule has 2 aromatic carbocycles. The summed E-state index contributed by atoms with van der Waals surface area (Å²) < 4.78 is 5.33. The Kier molecular flexibility index (Phi) is 4.53. The predicted molar refractivity (Wildman–Crippen MR) is 78.3 cm³/mol. The molecule has 0 aromatic heterocycles. The lowest BCUT2D eigenvalue weighted by Crippen LogP contribution is -1.96. The summed E-state index contributed by atoms with van der Waals surface area (Å²) in [5.74, 6) is 1.93. The summed E-state index contributed by atoms with van der Waals surface area (Å²) >= 11 is 1.79. The molecule has 0 amide bonds. The summed E-state index contributed by atoms with van der Waals surface area (Å²) in [5, 5.41) is 0. The van der Waals surface area contributed by atoms with Crippen molar-refractivity contribution < 1.29 is 4.74 Å². The Morgan fingerprint density at radius 3 is 2.56 bits per heavy atom. The largest absolute Gasteiger partial charge is 0.496 e. The second-order valence-corrected chi connectivity index (χ2v) is 5.08. The fraction of sp³-hybridized carbons (Fsp3) is 0.200. The van der Waals surface area contributed by atoms with Gasteiger partial charge in [0.1, 0.15) is 5.75 Å². The van der Waals surface area contributed by atoms with Gasteiger partial charge in [0.05, 0.1) is 7.11 Å². The van der Waals surface area contributed by atoms with Gasteiger partial charge in [-0.3, -0.25) is 0 Å². The SMILES string of the molecule is COc1ccccc1SCCc1ccccc1N. The van der Waals surface area contributed by atoms with Crippen molar-refractivity contribution in [2.24, 2.45) is 0 Å². The molecule has 0 saturated heterocycles. The van der Waals surface area contributed by atoms with Gasteiger partial charge < -0.3 is 10.5 Å². The zero-order valence-corrected chi connectivity index (χ0v) is 11.2. The van der Waals surface area contributed by atoms with E-state index in [1.807, 2.05) is 36.4 Å². The lowest BCUT2D eigenvalue weighted by molar-refractivity contribution is 0.405. The standard InChI is InChI=1S/C15H17NOS/c1-17-14-8-4-5-9-15(14)18-11-10-12-6-2-3-7-13(12)16/h2-9H,10-11,16H2,1H3. The Balaban J connectivity index is 1.95. The molecule has 0 radical (unpaired) electrons. The molecule has 2 nitrogen and oxygen atoms in total. The maximum Gasteiger partial charge on any atom is 0.132 e. The van der Waals surface area contributed by atoms with E-state index in [4.69, 9.17) is 10.5 Å². The molecule has 2 rings (SSSR count). The van der Waals surface area contributed by atoms with Crippen LogP contribution in [0.1, 0.15) is 5.56 Å². The molecule has 0 atom stereocenters. The van der Waals surface area contributed by atoms with E-state index in [0.29, 0.717) is 0 Å². The zero-order valence-electron chi connectivity index (χ0n) is 10.4. The summed E-state index contributed by atoms with van der Waals surface area (Å²) in [6.07, 6.45) is 0.968. The summed E-state index contributed by atoms with van der Waals surface area (Å²) in [7, 11) is 1.70. The van der Waals surface area contributed by atoms with Crippen LogP contribution in [0.15, 0.2) is 53.4 Å². The summed E-state index contributed by atoms with van der Waals surface area (Å²) in [4.78, 5) is 1.18. The lowest BCUT2D eigenvalue weighted by Gasteiger charge is -2.08. The molecule has 0 saturated carbocycles. The van der Waals surface area contributed by atoms with E-state index in [9.17, 15) is 0 Å². The molecule has 2 aromatic rings. The second-order valence-electron chi connectivity index (χ2n) is 3.95. The minimum atomic E-state index is 0.873. The van der Waals surface area contributed by atoms with Gasteiger partial charge in [-0.25, -0.2) is 0 Å². The van der Waals surface area contributed by atoms with Crippen molar-refractivity contribution in [1.29, 1.82) is 0 Å².